The molecule has 0 aliphatic heterocycles. The number of nitrogens with one attached hydrogen (secondary N) is 1. The van der Waals surface area contributed by atoms with Gasteiger partial charge in [-0.1, -0.05) is 26.0 Å². The number of aliphatic carboxylic acids is 1. The standard InChI is InChI=1S/C20H29NO6/c1-6-26-16-11-20(18(23)24,19(16,3)4)21-17(22)13(2)27-12-14-8-7-9-15(10-14)25-5/h7-10,13,16H,6,11-12H2,1-5H3,(H,21,22)(H,23,24). The van der Waals surface area contributed by atoms with E-state index in [1.54, 1.807) is 27.9 Å². The predicted molar refractivity (Wildman–Crippen MR) is 99.6 cm³/mol. The number of hydrogen-bond donors (Lipinski definition) is 2. The molecule has 1 amide bonds. The van der Waals surface area contributed by atoms with Crippen LogP contribution in [0.1, 0.15) is 39.7 Å². The van der Waals surface area contributed by atoms with E-state index in [-0.39, 0.29) is 19.1 Å². The minimum atomic E-state index is -1.36. The molecule has 1 aromatic rings. The first-order chi connectivity index (χ1) is 12.7. The third kappa shape index (κ3) is 4.09. The van der Waals surface area contributed by atoms with Crippen LogP contribution in [0.3, 0.4) is 0 Å². The Kier molecular flexibility index (Phi) is 6.49. The summed E-state index contributed by atoms with van der Waals surface area (Å²) in [6, 6.07) is 7.36. The van der Waals surface area contributed by atoms with Crippen molar-refractivity contribution in [2.45, 2.75) is 58.5 Å². The quantitative estimate of drug-likeness (QED) is 0.684. The molecule has 150 valence electrons. The Balaban J connectivity index is 2.00. The number of ether oxygens (including phenoxy) is 3. The first kappa shape index (κ1) is 21.2. The van der Waals surface area contributed by atoms with E-state index in [0.717, 1.165) is 5.56 Å². The summed E-state index contributed by atoms with van der Waals surface area (Å²) < 4.78 is 16.4. The van der Waals surface area contributed by atoms with Crippen molar-refractivity contribution < 1.29 is 28.9 Å². The van der Waals surface area contributed by atoms with Crippen LogP contribution < -0.4 is 10.1 Å². The molecule has 27 heavy (non-hydrogen) atoms. The van der Waals surface area contributed by atoms with Crippen LogP contribution >= 0.6 is 0 Å². The highest BCUT2D eigenvalue weighted by molar-refractivity contribution is 5.91. The number of hydrogen-bond acceptors (Lipinski definition) is 5. The third-order valence-corrected chi connectivity index (χ3v) is 5.47. The minimum absolute atomic E-state index is 0.216. The molecule has 0 aromatic heterocycles. The van der Waals surface area contributed by atoms with Crippen molar-refractivity contribution in [2.24, 2.45) is 5.41 Å². The maximum atomic E-state index is 12.6. The van der Waals surface area contributed by atoms with Crippen LogP contribution in [0.15, 0.2) is 24.3 Å². The highest BCUT2D eigenvalue weighted by Crippen LogP contribution is 2.51. The average Bonchev–Trinajstić information content (AvgIpc) is 2.64. The van der Waals surface area contributed by atoms with Crippen LogP contribution in [0, 0.1) is 5.41 Å². The minimum Gasteiger partial charge on any atom is -0.497 e. The first-order valence-electron chi connectivity index (χ1n) is 9.09. The molecular weight excluding hydrogens is 350 g/mol. The fourth-order valence-electron chi connectivity index (χ4n) is 3.41. The normalized spacial score (nSPS) is 24.6. The molecule has 7 nitrogen and oxygen atoms in total. The van der Waals surface area contributed by atoms with Crippen molar-refractivity contribution in [3.05, 3.63) is 29.8 Å². The second kappa shape index (κ2) is 8.27. The number of benzene rings is 1. The van der Waals surface area contributed by atoms with Crippen LogP contribution in [-0.4, -0.2) is 48.4 Å². The van der Waals surface area contributed by atoms with Gasteiger partial charge >= 0.3 is 5.97 Å². The molecule has 2 N–H and O–H groups in total. The summed E-state index contributed by atoms with van der Waals surface area (Å²) in [7, 11) is 1.58. The molecular formula is C20H29NO6. The first-order valence-corrected chi connectivity index (χ1v) is 9.09. The largest absolute Gasteiger partial charge is 0.497 e. The van der Waals surface area contributed by atoms with Gasteiger partial charge in [-0.2, -0.15) is 0 Å². The monoisotopic (exact) mass is 379 g/mol. The lowest BCUT2D eigenvalue weighted by molar-refractivity contribution is -0.196. The number of amides is 1. The van der Waals surface area contributed by atoms with E-state index in [2.05, 4.69) is 5.32 Å². The summed E-state index contributed by atoms with van der Waals surface area (Å²) in [5.41, 5.74) is -1.23. The van der Waals surface area contributed by atoms with Crippen LogP contribution in [0.25, 0.3) is 0 Å². The summed E-state index contributed by atoms with van der Waals surface area (Å²) in [6.07, 6.45) is -0.779. The Labute approximate surface area is 160 Å². The zero-order chi connectivity index (χ0) is 20.2. The van der Waals surface area contributed by atoms with Crippen LogP contribution in [-0.2, 0) is 25.7 Å². The molecule has 3 atom stereocenters. The second-order valence-corrected chi connectivity index (χ2v) is 7.37. The van der Waals surface area contributed by atoms with Crippen LogP contribution in [0.2, 0.25) is 0 Å². The number of rotatable bonds is 9. The van der Waals surface area contributed by atoms with Crippen LogP contribution in [0.4, 0.5) is 0 Å². The Morgan fingerprint density at radius 2 is 2.07 bits per heavy atom. The van der Waals surface area contributed by atoms with E-state index in [4.69, 9.17) is 14.2 Å². The number of methoxy groups -OCH3 is 1. The van der Waals surface area contributed by atoms with Gasteiger partial charge in [0.25, 0.3) is 0 Å². The molecule has 0 bridgehead atoms. The summed E-state index contributed by atoms with van der Waals surface area (Å²) in [5, 5.41) is 12.5. The summed E-state index contributed by atoms with van der Waals surface area (Å²) in [6.45, 7) is 7.79. The lowest BCUT2D eigenvalue weighted by Gasteiger charge is -2.58. The summed E-state index contributed by atoms with van der Waals surface area (Å²) in [4.78, 5) is 24.5. The zero-order valence-electron chi connectivity index (χ0n) is 16.6. The lowest BCUT2D eigenvalue weighted by atomic mass is 9.54. The molecule has 1 saturated carbocycles. The van der Waals surface area contributed by atoms with Crippen molar-refractivity contribution in [1.29, 1.82) is 0 Å². The van der Waals surface area contributed by atoms with Crippen LogP contribution in [0.5, 0.6) is 5.75 Å². The van der Waals surface area contributed by atoms with Gasteiger partial charge in [0.2, 0.25) is 5.91 Å². The van der Waals surface area contributed by atoms with E-state index < -0.39 is 28.9 Å². The molecule has 2 rings (SSSR count). The van der Waals surface area contributed by atoms with Gasteiger partial charge in [-0.15, -0.1) is 0 Å². The average molecular weight is 379 g/mol. The zero-order valence-corrected chi connectivity index (χ0v) is 16.6. The molecule has 0 saturated heterocycles. The van der Waals surface area contributed by atoms with Gasteiger partial charge in [0, 0.05) is 18.4 Å². The SMILES string of the molecule is CCOC1CC(NC(=O)C(C)OCc2cccc(OC)c2)(C(=O)O)C1(C)C. The van der Waals surface area contributed by atoms with Gasteiger partial charge in [0.15, 0.2) is 0 Å². The number of carbonyl (C=O) groups excluding carboxylic acids is 1. The Morgan fingerprint density at radius 3 is 2.63 bits per heavy atom. The maximum Gasteiger partial charge on any atom is 0.330 e. The topological polar surface area (TPSA) is 94.1 Å². The number of carbonyl (C=O) groups is 2. The molecule has 1 fully saturated rings. The smallest absolute Gasteiger partial charge is 0.330 e. The van der Waals surface area contributed by atoms with Gasteiger partial charge in [0.05, 0.1) is 19.8 Å². The second-order valence-electron chi connectivity index (χ2n) is 7.37. The molecule has 0 heterocycles. The summed E-state index contributed by atoms with van der Waals surface area (Å²) in [5.74, 6) is -0.809. The summed E-state index contributed by atoms with van der Waals surface area (Å²) >= 11 is 0. The number of carboxylic acids is 1. The van der Waals surface area contributed by atoms with Crippen molar-refractivity contribution in [2.75, 3.05) is 13.7 Å². The molecule has 1 aromatic carbocycles. The van der Waals surface area contributed by atoms with Crippen molar-refractivity contribution in [3.63, 3.8) is 0 Å². The van der Waals surface area contributed by atoms with Gasteiger partial charge < -0.3 is 24.6 Å². The Bertz CT molecular complexity index is 689. The van der Waals surface area contributed by atoms with Gasteiger partial charge in [-0.05, 0) is 31.5 Å². The van der Waals surface area contributed by atoms with Crippen molar-refractivity contribution in [3.8, 4) is 5.75 Å². The highest BCUT2D eigenvalue weighted by atomic mass is 16.5. The van der Waals surface area contributed by atoms with E-state index in [1.165, 1.54) is 0 Å². The molecule has 0 radical (unpaired) electrons. The Hall–Kier alpha value is -2.12. The Morgan fingerprint density at radius 1 is 1.37 bits per heavy atom. The molecule has 3 unspecified atom stereocenters. The highest BCUT2D eigenvalue weighted by Gasteiger charge is 2.66. The molecule has 1 aliphatic carbocycles. The molecule has 7 heteroatoms. The fourth-order valence-corrected chi connectivity index (χ4v) is 3.41. The van der Waals surface area contributed by atoms with E-state index in [1.807, 2.05) is 31.2 Å². The van der Waals surface area contributed by atoms with Gasteiger partial charge in [-0.3, -0.25) is 4.79 Å². The van der Waals surface area contributed by atoms with E-state index >= 15 is 0 Å². The fraction of sp³-hybridized carbons (Fsp3) is 0.600. The third-order valence-electron chi connectivity index (χ3n) is 5.47. The van der Waals surface area contributed by atoms with Gasteiger partial charge in [-0.25, -0.2) is 4.79 Å². The van der Waals surface area contributed by atoms with Crippen molar-refractivity contribution in [1.82, 2.24) is 5.32 Å². The number of carboxylic acid groups (broad SMARTS) is 1. The van der Waals surface area contributed by atoms with Crippen molar-refractivity contribution >= 4 is 11.9 Å². The molecule has 1 aliphatic rings. The molecule has 0 spiro atoms. The van der Waals surface area contributed by atoms with E-state index in [9.17, 15) is 14.7 Å². The van der Waals surface area contributed by atoms with E-state index in [0.29, 0.717) is 12.4 Å². The lowest BCUT2D eigenvalue weighted by Crippen LogP contribution is -2.76. The maximum absolute atomic E-state index is 12.6. The predicted octanol–water partition coefficient (Wildman–Crippen LogP) is 2.37. The van der Waals surface area contributed by atoms with Gasteiger partial charge in [0.1, 0.15) is 17.4 Å².